The maximum absolute atomic E-state index is 11.9. The summed E-state index contributed by atoms with van der Waals surface area (Å²) in [6.45, 7) is 5.03. The van der Waals surface area contributed by atoms with Crippen molar-refractivity contribution in [2.45, 2.75) is 45.6 Å². The number of carbonyl (C=O) groups is 1. The lowest BCUT2D eigenvalue weighted by molar-refractivity contribution is -0.123. The first-order valence-electron chi connectivity index (χ1n) is 6.05. The van der Waals surface area contributed by atoms with Crippen LogP contribution in [0.3, 0.4) is 0 Å². The smallest absolute Gasteiger partial charge is 0.223 e. The van der Waals surface area contributed by atoms with E-state index in [2.05, 4.69) is 19.2 Å². The van der Waals surface area contributed by atoms with E-state index in [0.29, 0.717) is 18.5 Å². The second kappa shape index (κ2) is 3.78. The van der Waals surface area contributed by atoms with Gasteiger partial charge in [0.2, 0.25) is 5.91 Å². The van der Waals surface area contributed by atoms with Gasteiger partial charge in [-0.15, -0.1) is 0 Å². The molecule has 2 aliphatic carbocycles. The van der Waals surface area contributed by atoms with Gasteiger partial charge in [0.1, 0.15) is 0 Å². The highest BCUT2D eigenvalue weighted by molar-refractivity contribution is 5.82. The lowest BCUT2D eigenvalue weighted by Crippen LogP contribution is -2.41. The van der Waals surface area contributed by atoms with E-state index in [4.69, 9.17) is 5.73 Å². The first-order valence-corrected chi connectivity index (χ1v) is 6.05. The van der Waals surface area contributed by atoms with Crippen LogP contribution in [0.15, 0.2) is 0 Å². The van der Waals surface area contributed by atoms with Crippen molar-refractivity contribution in [1.29, 1.82) is 0 Å². The fourth-order valence-electron chi connectivity index (χ4n) is 2.71. The Morgan fingerprint density at radius 3 is 2.67 bits per heavy atom. The van der Waals surface area contributed by atoms with E-state index in [1.54, 1.807) is 0 Å². The maximum atomic E-state index is 11.9. The Kier molecular flexibility index (Phi) is 2.75. The third-order valence-corrected chi connectivity index (χ3v) is 4.12. The van der Waals surface area contributed by atoms with E-state index in [1.807, 2.05) is 0 Å². The normalized spacial score (nSPS) is 37.7. The summed E-state index contributed by atoms with van der Waals surface area (Å²) in [6.07, 6.45) is 4.54. The van der Waals surface area contributed by atoms with Gasteiger partial charge < -0.3 is 11.1 Å². The van der Waals surface area contributed by atoms with Crippen molar-refractivity contribution in [3.63, 3.8) is 0 Å². The summed E-state index contributed by atoms with van der Waals surface area (Å²) in [5.74, 6) is 1.01. The van der Waals surface area contributed by atoms with Crippen LogP contribution in [0.25, 0.3) is 0 Å². The molecule has 2 saturated carbocycles. The molecule has 1 amide bonds. The number of hydrogen-bond acceptors (Lipinski definition) is 2. The van der Waals surface area contributed by atoms with Crippen molar-refractivity contribution in [3.8, 4) is 0 Å². The molecule has 86 valence electrons. The molecule has 2 fully saturated rings. The Balaban J connectivity index is 1.84. The van der Waals surface area contributed by atoms with Gasteiger partial charge in [-0.1, -0.05) is 20.3 Å². The summed E-state index contributed by atoms with van der Waals surface area (Å²) in [4.78, 5) is 11.9. The average Bonchev–Trinajstić information content (AvgIpc) is 2.60. The van der Waals surface area contributed by atoms with Gasteiger partial charge in [-0.3, -0.25) is 4.79 Å². The molecule has 3 atom stereocenters. The minimum Gasteiger partial charge on any atom is -0.353 e. The van der Waals surface area contributed by atoms with Gasteiger partial charge in [-0.05, 0) is 37.1 Å². The second-order valence-electron chi connectivity index (χ2n) is 5.79. The van der Waals surface area contributed by atoms with Crippen LogP contribution in [0.1, 0.15) is 39.5 Å². The van der Waals surface area contributed by atoms with Crippen LogP contribution in [-0.4, -0.2) is 18.5 Å². The van der Waals surface area contributed by atoms with Gasteiger partial charge in [0.05, 0.1) is 0 Å². The highest BCUT2D eigenvalue weighted by Gasteiger charge is 2.51. The van der Waals surface area contributed by atoms with Crippen LogP contribution in [0.2, 0.25) is 0 Å². The third kappa shape index (κ3) is 2.17. The van der Waals surface area contributed by atoms with Crippen molar-refractivity contribution >= 4 is 5.91 Å². The van der Waals surface area contributed by atoms with E-state index in [9.17, 15) is 4.79 Å². The van der Waals surface area contributed by atoms with E-state index >= 15 is 0 Å². The number of hydrogen-bond donors (Lipinski definition) is 2. The molecule has 0 heterocycles. The molecule has 0 radical (unpaired) electrons. The lowest BCUT2D eigenvalue weighted by atomic mass is 10.0. The predicted octanol–water partition coefficient (Wildman–Crippen LogP) is 1.28. The van der Waals surface area contributed by atoms with E-state index in [-0.39, 0.29) is 17.2 Å². The van der Waals surface area contributed by atoms with Gasteiger partial charge in [0.25, 0.3) is 0 Å². The zero-order valence-corrected chi connectivity index (χ0v) is 9.75. The van der Waals surface area contributed by atoms with Crippen molar-refractivity contribution < 1.29 is 4.79 Å². The predicted molar refractivity (Wildman–Crippen MR) is 60.2 cm³/mol. The molecule has 0 bridgehead atoms. The second-order valence-corrected chi connectivity index (χ2v) is 5.79. The summed E-state index contributed by atoms with van der Waals surface area (Å²) < 4.78 is 0. The number of nitrogens with one attached hydrogen (secondary N) is 1. The van der Waals surface area contributed by atoms with Crippen LogP contribution >= 0.6 is 0 Å². The lowest BCUT2D eigenvalue weighted by Gasteiger charge is -2.19. The molecule has 3 nitrogen and oxygen atoms in total. The van der Waals surface area contributed by atoms with Gasteiger partial charge >= 0.3 is 0 Å². The van der Waals surface area contributed by atoms with Crippen LogP contribution in [0, 0.1) is 17.3 Å². The Labute approximate surface area is 91.8 Å². The van der Waals surface area contributed by atoms with Crippen LogP contribution in [0.4, 0.5) is 0 Å². The molecular weight excluding hydrogens is 188 g/mol. The minimum atomic E-state index is 0.237. The fraction of sp³-hybridized carbons (Fsp3) is 0.917. The maximum Gasteiger partial charge on any atom is 0.223 e. The average molecular weight is 210 g/mol. The molecule has 2 rings (SSSR count). The molecule has 3 unspecified atom stereocenters. The Hall–Kier alpha value is -0.570. The summed E-state index contributed by atoms with van der Waals surface area (Å²) in [7, 11) is 0. The van der Waals surface area contributed by atoms with E-state index in [0.717, 1.165) is 12.8 Å². The Bertz CT molecular complexity index is 262. The highest BCUT2D eigenvalue weighted by atomic mass is 16.2. The van der Waals surface area contributed by atoms with Gasteiger partial charge in [0, 0.05) is 12.0 Å². The third-order valence-electron chi connectivity index (χ3n) is 4.12. The molecule has 0 spiro atoms. The zero-order chi connectivity index (χ0) is 11.1. The van der Waals surface area contributed by atoms with Crippen molar-refractivity contribution in [3.05, 3.63) is 0 Å². The molecule has 0 aromatic heterocycles. The van der Waals surface area contributed by atoms with Crippen molar-refractivity contribution in [2.75, 3.05) is 6.54 Å². The van der Waals surface area contributed by atoms with Crippen LogP contribution in [0.5, 0.6) is 0 Å². The Morgan fingerprint density at radius 2 is 2.13 bits per heavy atom. The number of amides is 1. The van der Waals surface area contributed by atoms with Crippen molar-refractivity contribution in [1.82, 2.24) is 5.32 Å². The molecule has 0 aromatic rings. The first-order chi connectivity index (χ1) is 7.04. The van der Waals surface area contributed by atoms with Crippen LogP contribution in [-0.2, 0) is 4.79 Å². The standard InChI is InChI=1S/C12H22N2O/c1-12(2)6-9(12)11(15)14-10-5-3-4-8(10)7-13/h8-10H,3-7,13H2,1-2H3,(H,14,15). The molecule has 3 N–H and O–H groups in total. The monoisotopic (exact) mass is 210 g/mol. The molecule has 0 saturated heterocycles. The molecule has 0 aromatic carbocycles. The van der Waals surface area contributed by atoms with E-state index < -0.39 is 0 Å². The van der Waals surface area contributed by atoms with Gasteiger partial charge in [-0.2, -0.15) is 0 Å². The summed E-state index contributed by atoms with van der Waals surface area (Å²) in [5, 5.41) is 3.18. The minimum absolute atomic E-state index is 0.237. The molecule has 3 heteroatoms. The first kappa shape index (κ1) is 10.9. The van der Waals surface area contributed by atoms with Crippen LogP contribution < -0.4 is 11.1 Å². The summed E-state index contributed by atoms with van der Waals surface area (Å²) >= 11 is 0. The fourth-order valence-corrected chi connectivity index (χ4v) is 2.71. The van der Waals surface area contributed by atoms with Gasteiger partial charge in [0.15, 0.2) is 0 Å². The Morgan fingerprint density at radius 1 is 1.47 bits per heavy atom. The zero-order valence-electron chi connectivity index (χ0n) is 9.75. The summed E-state index contributed by atoms with van der Waals surface area (Å²) in [6, 6.07) is 0.346. The number of rotatable bonds is 3. The molecule has 0 aliphatic heterocycles. The number of carbonyl (C=O) groups excluding carboxylic acids is 1. The number of nitrogens with two attached hydrogens (primary N) is 1. The highest BCUT2D eigenvalue weighted by Crippen LogP contribution is 2.51. The largest absolute Gasteiger partial charge is 0.353 e. The van der Waals surface area contributed by atoms with Gasteiger partial charge in [-0.25, -0.2) is 0 Å². The SMILES string of the molecule is CC1(C)CC1C(=O)NC1CCCC1CN. The quantitative estimate of drug-likeness (QED) is 0.737. The molecular formula is C12H22N2O. The van der Waals surface area contributed by atoms with Crippen molar-refractivity contribution in [2.24, 2.45) is 23.0 Å². The molecule has 15 heavy (non-hydrogen) atoms. The molecule has 2 aliphatic rings. The van der Waals surface area contributed by atoms with E-state index in [1.165, 1.54) is 12.8 Å². The topological polar surface area (TPSA) is 55.1 Å². The summed E-state index contributed by atoms with van der Waals surface area (Å²) in [5.41, 5.74) is 5.93.